The first-order valence-corrected chi connectivity index (χ1v) is 15.5. The average molecular weight is 604 g/mol. The molecule has 2 aliphatic rings. The van der Waals surface area contributed by atoms with E-state index in [9.17, 15) is 0 Å². The lowest BCUT2D eigenvalue weighted by molar-refractivity contribution is 0.173. The van der Waals surface area contributed by atoms with Gasteiger partial charge in [-0.1, -0.05) is 67.9 Å². The Balaban J connectivity index is 1.34. The lowest BCUT2D eigenvalue weighted by Crippen LogP contribution is -2.24. The van der Waals surface area contributed by atoms with Gasteiger partial charge in [-0.15, -0.1) is 0 Å². The van der Waals surface area contributed by atoms with E-state index >= 15 is 0 Å². The molecule has 0 bridgehead atoms. The zero-order chi connectivity index (χ0) is 30.6. The second kappa shape index (κ2) is 13.0. The van der Waals surface area contributed by atoms with Crippen molar-refractivity contribution in [1.29, 1.82) is 0 Å². The van der Waals surface area contributed by atoms with Crippen molar-refractivity contribution in [2.75, 3.05) is 20.7 Å². The Morgan fingerprint density at radius 1 is 0.733 bits per heavy atom. The molecule has 0 aliphatic carbocycles. The molecular weight excluding hydrogens is 566 g/mol. The number of rotatable bonds is 12. The molecule has 1 aromatic heterocycles. The van der Waals surface area contributed by atoms with Gasteiger partial charge in [-0.3, -0.25) is 4.90 Å². The van der Waals surface area contributed by atoms with Gasteiger partial charge in [-0.25, -0.2) is 4.98 Å². The molecule has 0 amide bonds. The summed E-state index contributed by atoms with van der Waals surface area (Å²) in [6.45, 7) is 5.62. The molecule has 5 aromatic rings. The number of benzene rings is 4. The van der Waals surface area contributed by atoms with Gasteiger partial charge >= 0.3 is 0 Å². The molecule has 0 fully saturated rings. The third-order valence-electron chi connectivity index (χ3n) is 8.26. The third kappa shape index (κ3) is 6.06. The lowest BCUT2D eigenvalue weighted by atomic mass is 10.1. The van der Waals surface area contributed by atoms with Crippen LogP contribution in [0, 0.1) is 0 Å². The maximum atomic E-state index is 5.86. The fourth-order valence-corrected chi connectivity index (χ4v) is 6.04. The fourth-order valence-electron chi connectivity index (χ4n) is 6.04. The van der Waals surface area contributed by atoms with E-state index in [1.165, 1.54) is 0 Å². The van der Waals surface area contributed by atoms with Gasteiger partial charge in [0.25, 0.3) is 0 Å². The molecule has 7 rings (SSSR count). The average Bonchev–Trinajstić information content (AvgIpc) is 3.83. The van der Waals surface area contributed by atoms with E-state index in [1.54, 1.807) is 7.11 Å². The molecule has 4 aromatic carbocycles. The van der Waals surface area contributed by atoms with Gasteiger partial charge in [0.05, 0.1) is 18.5 Å². The Kier molecular flexibility index (Phi) is 8.29. The summed E-state index contributed by atoms with van der Waals surface area (Å²) in [4.78, 5) is 7.80. The van der Waals surface area contributed by atoms with Crippen molar-refractivity contribution in [1.82, 2.24) is 14.5 Å². The zero-order valence-electron chi connectivity index (χ0n) is 25.7. The van der Waals surface area contributed by atoms with Crippen molar-refractivity contribution in [3.63, 3.8) is 0 Å². The van der Waals surface area contributed by atoms with E-state index in [2.05, 4.69) is 71.0 Å². The molecule has 0 radical (unpaired) electrons. The summed E-state index contributed by atoms with van der Waals surface area (Å²) in [5.74, 6) is 4.89. The Morgan fingerprint density at radius 3 is 2.00 bits per heavy atom. The smallest absolute Gasteiger partial charge is 0.231 e. The molecule has 8 heteroatoms. The van der Waals surface area contributed by atoms with Gasteiger partial charge in [0.1, 0.15) is 11.6 Å². The van der Waals surface area contributed by atoms with Gasteiger partial charge in [0.2, 0.25) is 13.6 Å². The summed E-state index contributed by atoms with van der Waals surface area (Å²) in [5.41, 5.74) is 6.43. The normalized spacial score (nSPS) is 13.0. The first-order chi connectivity index (χ1) is 22.2. The van der Waals surface area contributed by atoms with E-state index in [-0.39, 0.29) is 13.6 Å². The number of ether oxygens (including phenoxy) is 5. The van der Waals surface area contributed by atoms with Gasteiger partial charge < -0.3 is 28.3 Å². The highest BCUT2D eigenvalue weighted by Gasteiger charge is 2.25. The Morgan fingerprint density at radius 2 is 1.36 bits per heavy atom. The predicted molar refractivity (Wildman–Crippen MR) is 173 cm³/mol. The monoisotopic (exact) mass is 603 g/mol. The Hall–Kier alpha value is -4.95. The molecule has 0 spiro atoms. The second-order valence-corrected chi connectivity index (χ2v) is 11.3. The topological polar surface area (TPSA) is 67.2 Å². The first-order valence-electron chi connectivity index (χ1n) is 15.5. The van der Waals surface area contributed by atoms with Crippen molar-refractivity contribution in [2.45, 2.75) is 45.9 Å². The SMILES string of the molecule is CCCCn1c(-c2ccccc2)nc(-c2ccccc2OC)c1CN(Cc1ccc2c(c1)OCO2)Cc1ccc2c(c1)OCO2. The predicted octanol–water partition coefficient (Wildman–Crippen LogP) is 7.69. The maximum Gasteiger partial charge on any atom is 0.231 e. The number of unbranched alkanes of at least 4 members (excludes halogenated alkanes) is 1. The number of methoxy groups -OCH3 is 1. The highest BCUT2D eigenvalue weighted by molar-refractivity contribution is 5.73. The molecule has 2 aliphatic heterocycles. The summed E-state index contributed by atoms with van der Waals surface area (Å²) in [5, 5.41) is 0. The van der Waals surface area contributed by atoms with Crippen LogP contribution in [-0.2, 0) is 26.2 Å². The van der Waals surface area contributed by atoms with Crippen molar-refractivity contribution < 1.29 is 23.7 Å². The van der Waals surface area contributed by atoms with Crippen LogP contribution in [-0.4, -0.2) is 35.1 Å². The standard InChI is InChI=1S/C37H37N3O5/c1-3-4-18-40-30(36(29-12-8-9-13-31(29)41-2)38-37(40)28-10-6-5-7-11-28)23-39(21-26-14-16-32-34(19-26)44-24-42-32)22-27-15-17-33-35(20-27)45-25-43-33/h5-17,19-20H,3-4,18,21-25H2,1-2H3. The second-order valence-electron chi connectivity index (χ2n) is 11.3. The van der Waals surface area contributed by atoms with Crippen molar-refractivity contribution in [3.8, 4) is 51.4 Å². The summed E-state index contributed by atoms with van der Waals surface area (Å²) in [6, 6.07) is 31.0. The van der Waals surface area contributed by atoms with Crippen LogP contribution in [0.1, 0.15) is 36.6 Å². The van der Waals surface area contributed by atoms with Crippen LogP contribution < -0.4 is 23.7 Å². The van der Waals surface area contributed by atoms with Crippen LogP contribution in [0.25, 0.3) is 22.6 Å². The van der Waals surface area contributed by atoms with Crippen LogP contribution in [0.3, 0.4) is 0 Å². The van der Waals surface area contributed by atoms with Crippen molar-refractivity contribution >= 4 is 0 Å². The molecule has 230 valence electrons. The van der Waals surface area contributed by atoms with Crippen LogP contribution in [0.4, 0.5) is 0 Å². The van der Waals surface area contributed by atoms with E-state index < -0.39 is 0 Å². The molecule has 0 saturated heterocycles. The minimum Gasteiger partial charge on any atom is -0.496 e. The number of imidazole rings is 1. The molecule has 8 nitrogen and oxygen atoms in total. The number of fused-ring (bicyclic) bond motifs is 2. The lowest BCUT2D eigenvalue weighted by Gasteiger charge is -2.25. The van der Waals surface area contributed by atoms with Gasteiger partial charge in [-0.05, 0) is 53.9 Å². The molecule has 0 saturated carbocycles. The van der Waals surface area contributed by atoms with E-state index in [0.29, 0.717) is 19.6 Å². The summed E-state index contributed by atoms with van der Waals surface area (Å²) in [6.07, 6.45) is 2.12. The van der Waals surface area contributed by atoms with Gasteiger partial charge in [0.15, 0.2) is 23.0 Å². The van der Waals surface area contributed by atoms with Crippen LogP contribution >= 0.6 is 0 Å². The number of hydrogen-bond acceptors (Lipinski definition) is 7. The summed E-state index contributed by atoms with van der Waals surface area (Å²) in [7, 11) is 1.72. The molecule has 0 atom stereocenters. The third-order valence-corrected chi connectivity index (χ3v) is 8.26. The summed E-state index contributed by atoms with van der Waals surface area (Å²) >= 11 is 0. The quantitative estimate of drug-likeness (QED) is 0.145. The van der Waals surface area contributed by atoms with E-state index in [0.717, 1.165) is 87.6 Å². The van der Waals surface area contributed by atoms with Gasteiger partial charge in [0, 0.05) is 37.3 Å². The first kappa shape index (κ1) is 28.8. The van der Waals surface area contributed by atoms with Crippen LogP contribution in [0.5, 0.6) is 28.7 Å². The number of nitrogens with zero attached hydrogens (tertiary/aromatic N) is 3. The van der Waals surface area contributed by atoms with E-state index in [4.69, 9.17) is 28.7 Å². The zero-order valence-corrected chi connectivity index (χ0v) is 25.7. The van der Waals surface area contributed by atoms with E-state index in [1.807, 2.05) is 36.4 Å². The maximum absolute atomic E-state index is 5.86. The molecule has 45 heavy (non-hydrogen) atoms. The van der Waals surface area contributed by atoms with Crippen LogP contribution in [0.2, 0.25) is 0 Å². The fraction of sp³-hybridized carbons (Fsp3) is 0.270. The van der Waals surface area contributed by atoms with Crippen molar-refractivity contribution in [2.24, 2.45) is 0 Å². The molecular formula is C37H37N3O5. The summed E-state index contributed by atoms with van der Waals surface area (Å²) < 4.78 is 30.9. The van der Waals surface area contributed by atoms with Crippen LogP contribution in [0.15, 0.2) is 91.0 Å². The number of para-hydroxylation sites is 1. The molecule has 0 unspecified atom stereocenters. The minimum absolute atomic E-state index is 0.251. The molecule has 0 N–H and O–H groups in total. The number of aromatic nitrogens is 2. The largest absolute Gasteiger partial charge is 0.496 e. The van der Waals surface area contributed by atoms with Crippen molar-refractivity contribution in [3.05, 3.63) is 108 Å². The van der Waals surface area contributed by atoms with Gasteiger partial charge in [-0.2, -0.15) is 0 Å². The minimum atomic E-state index is 0.251. The highest BCUT2D eigenvalue weighted by atomic mass is 16.7. The molecule has 3 heterocycles. The number of hydrogen-bond donors (Lipinski definition) is 0. The highest BCUT2D eigenvalue weighted by Crippen LogP contribution is 2.38. The Bertz CT molecular complexity index is 1730. The Labute approximate surface area is 263 Å².